The largest absolute Gasteiger partial charge is 0.326 e. The van der Waals surface area contributed by atoms with Crippen LogP contribution >= 0.6 is 11.3 Å². The van der Waals surface area contributed by atoms with Crippen molar-refractivity contribution >= 4 is 26.5 Å². The van der Waals surface area contributed by atoms with Crippen LogP contribution < -0.4 is 10.5 Å². The molecule has 1 aromatic heterocycles. The van der Waals surface area contributed by atoms with E-state index in [0.29, 0.717) is 17.0 Å². The minimum absolute atomic E-state index is 0.0416. The first-order chi connectivity index (χ1) is 9.87. The summed E-state index contributed by atoms with van der Waals surface area (Å²) in [5.74, 6) is -0.607. The van der Waals surface area contributed by atoms with Crippen molar-refractivity contribution < 1.29 is 12.8 Å². The molecule has 0 aliphatic heterocycles. The predicted octanol–water partition coefficient (Wildman–Crippen LogP) is 1.81. The lowest BCUT2D eigenvalue weighted by Gasteiger charge is -2.10. The highest BCUT2D eigenvalue weighted by Gasteiger charge is 2.21. The molecule has 1 heterocycles. The molecule has 0 fully saturated rings. The number of aryl methyl sites for hydroxylation is 1. The number of aromatic nitrogens is 2. The van der Waals surface area contributed by atoms with Gasteiger partial charge in [-0.05, 0) is 31.0 Å². The Morgan fingerprint density at radius 3 is 2.67 bits per heavy atom. The summed E-state index contributed by atoms with van der Waals surface area (Å²) in [4.78, 5) is -0.142. The summed E-state index contributed by atoms with van der Waals surface area (Å²) in [5.41, 5.74) is 5.90. The van der Waals surface area contributed by atoms with Crippen LogP contribution in [0.1, 0.15) is 23.1 Å². The zero-order chi connectivity index (χ0) is 15.6. The molecule has 0 saturated heterocycles. The highest BCUT2D eigenvalue weighted by molar-refractivity contribution is 7.93. The number of nitrogens with two attached hydrogens (primary N) is 1. The van der Waals surface area contributed by atoms with Gasteiger partial charge >= 0.3 is 0 Å². The van der Waals surface area contributed by atoms with E-state index in [1.54, 1.807) is 0 Å². The van der Waals surface area contributed by atoms with Gasteiger partial charge < -0.3 is 5.73 Å². The molecular weight excluding hydrogens is 315 g/mol. The average Bonchev–Trinajstić information content (AvgIpc) is 2.88. The van der Waals surface area contributed by atoms with Crippen molar-refractivity contribution in [2.24, 2.45) is 5.73 Å². The Balaban J connectivity index is 2.41. The average molecular weight is 330 g/mol. The Bertz CT molecular complexity index is 759. The second kappa shape index (κ2) is 6.04. The third kappa shape index (κ3) is 3.36. The first kappa shape index (κ1) is 15.8. The molecule has 114 valence electrons. The smallest absolute Gasteiger partial charge is 0.264 e. The lowest BCUT2D eigenvalue weighted by molar-refractivity contribution is 0.589. The van der Waals surface area contributed by atoms with E-state index in [1.165, 1.54) is 19.1 Å². The molecule has 6 nitrogen and oxygen atoms in total. The van der Waals surface area contributed by atoms with E-state index >= 15 is 0 Å². The highest BCUT2D eigenvalue weighted by atomic mass is 32.2. The van der Waals surface area contributed by atoms with Gasteiger partial charge in [-0.25, -0.2) is 12.8 Å². The molecule has 0 spiro atoms. The number of anilines is 1. The Morgan fingerprint density at radius 2 is 2.10 bits per heavy atom. The highest BCUT2D eigenvalue weighted by Crippen LogP contribution is 2.24. The quantitative estimate of drug-likeness (QED) is 0.871. The predicted molar refractivity (Wildman–Crippen MR) is 79.1 cm³/mol. The first-order valence-corrected chi connectivity index (χ1v) is 8.51. The van der Waals surface area contributed by atoms with Crippen LogP contribution in [-0.4, -0.2) is 18.6 Å². The van der Waals surface area contributed by atoms with Crippen LogP contribution in [0.3, 0.4) is 0 Å². The van der Waals surface area contributed by atoms with Crippen molar-refractivity contribution in [1.29, 1.82) is 0 Å². The summed E-state index contributed by atoms with van der Waals surface area (Å²) in [6.07, 6.45) is 0.662. The van der Waals surface area contributed by atoms with Crippen LogP contribution in [0.25, 0.3) is 0 Å². The molecule has 0 atom stereocenters. The molecule has 0 radical (unpaired) electrons. The second-order valence-corrected chi connectivity index (χ2v) is 7.08. The van der Waals surface area contributed by atoms with Gasteiger partial charge in [0.05, 0.1) is 4.90 Å². The van der Waals surface area contributed by atoms with E-state index in [1.807, 2.05) is 6.92 Å². The number of sulfonamides is 1. The molecule has 0 amide bonds. The van der Waals surface area contributed by atoms with E-state index in [4.69, 9.17) is 5.73 Å². The molecule has 0 bridgehead atoms. The standard InChI is InChI=1S/C12H15FN4O2S2/c1-3-11-15-16-12(20-11)17-21(18,19)10-5-8(6-14)4-9(13)7(10)2/h4-5H,3,6,14H2,1-2H3,(H,16,17). The monoisotopic (exact) mass is 330 g/mol. The molecule has 2 rings (SSSR count). The van der Waals surface area contributed by atoms with Gasteiger partial charge in [-0.1, -0.05) is 18.3 Å². The molecule has 1 aromatic carbocycles. The topological polar surface area (TPSA) is 98.0 Å². The number of benzene rings is 1. The van der Waals surface area contributed by atoms with Crippen molar-refractivity contribution in [2.75, 3.05) is 4.72 Å². The van der Waals surface area contributed by atoms with Gasteiger partial charge in [0.1, 0.15) is 10.8 Å². The van der Waals surface area contributed by atoms with E-state index < -0.39 is 15.8 Å². The van der Waals surface area contributed by atoms with Gasteiger partial charge in [-0.3, -0.25) is 4.72 Å². The Hall–Kier alpha value is -1.58. The third-order valence-electron chi connectivity index (χ3n) is 2.87. The summed E-state index contributed by atoms with van der Waals surface area (Å²) in [6.45, 7) is 3.35. The van der Waals surface area contributed by atoms with Crippen molar-refractivity contribution in [3.05, 3.63) is 34.1 Å². The lowest BCUT2D eigenvalue weighted by Crippen LogP contribution is -2.16. The third-order valence-corrected chi connectivity index (χ3v) is 5.45. The van der Waals surface area contributed by atoms with Crippen molar-refractivity contribution in [2.45, 2.75) is 31.7 Å². The number of nitrogens with one attached hydrogen (secondary N) is 1. The van der Waals surface area contributed by atoms with Crippen LogP contribution in [0.15, 0.2) is 17.0 Å². The minimum atomic E-state index is -3.93. The van der Waals surface area contributed by atoms with E-state index in [2.05, 4.69) is 14.9 Å². The molecule has 0 unspecified atom stereocenters. The van der Waals surface area contributed by atoms with Crippen LogP contribution in [-0.2, 0) is 23.0 Å². The Labute approximate surface area is 126 Å². The summed E-state index contributed by atoms with van der Waals surface area (Å²) >= 11 is 1.14. The molecule has 0 aliphatic carbocycles. The maximum Gasteiger partial charge on any atom is 0.264 e. The number of rotatable bonds is 5. The molecule has 0 saturated carbocycles. The molecular formula is C12H15FN4O2S2. The fourth-order valence-corrected chi connectivity index (χ4v) is 3.93. The van der Waals surface area contributed by atoms with Gasteiger partial charge in [0.25, 0.3) is 10.0 Å². The molecule has 0 aliphatic rings. The van der Waals surface area contributed by atoms with E-state index in [-0.39, 0.29) is 22.1 Å². The summed E-state index contributed by atoms with van der Waals surface area (Å²) < 4.78 is 40.8. The van der Waals surface area contributed by atoms with E-state index in [9.17, 15) is 12.8 Å². The number of nitrogens with zero attached hydrogens (tertiary/aromatic N) is 2. The summed E-state index contributed by atoms with van der Waals surface area (Å²) in [6, 6.07) is 2.59. The normalized spacial score (nSPS) is 11.6. The first-order valence-electron chi connectivity index (χ1n) is 6.21. The number of halogens is 1. The number of hydrogen-bond donors (Lipinski definition) is 2. The summed E-state index contributed by atoms with van der Waals surface area (Å²) in [7, 11) is -3.93. The molecule has 9 heteroatoms. The Kier molecular flexibility index (Phi) is 4.55. The second-order valence-electron chi connectivity index (χ2n) is 4.36. The van der Waals surface area contributed by atoms with Crippen LogP contribution in [0.2, 0.25) is 0 Å². The van der Waals surface area contributed by atoms with Crippen LogP contribution in [0.4, 0.5) is 9.52 Å². The molecule has 2 aromatic rings. The summed E-state index contributed by atoms with van der Waals surface area (Å²) in [5, 5.41) is 8.46. The maximum atomic E-state index is 13.8. The van der Waals surface area contributed by atoms with Gasteiger partial charge in [0.2, 0.25) is 5.13 Å². The van der Waals surface area contributed by atoms with Crippen molar-refractivity contribution in [1.82, 2.24) is 10.2 Å². The zero-order valence-electron chi connectivity index (χ0n) is 11.6. The van der Waals surface area contributed by atoms with Gasteiger partial charge in [0.15, 0.2) is 0 Å². The lowest BCUT2D eigenvalue weighted by atomic mass is 10.1. The molecule has 3 N–H and O–H groups in total. The SMILES string of the molecule is CCc1nnc(NS(=O)(=O)c2cc(CN)cc(F)c2C)s1. The fraction of sp³-hybridized carbons (Fsp3) is 0.333. The van der Waals surface area contributed by atoms with Gasteiger partial charge in [0, 0.05) is 12.1 Å². The molecule has 21 heavy (non-hydrogen) atoms. The van der Waals surface area contributed by atoms with Crippen molar-refractivity contribution in [3.8, 4) is 0 Å². The maximum absolute atomic E-state index is 13.8. The minimum Gasteiger partial charge on any atom is -0.326 e. The van der Waals surface area contributed by atoms with Gasteiger partial charge in [-0.2, -0.15) is 0 Å². The van der Waals surface area contributed by atoms with E-state index in [0.717, 1.165) is 11.3 Å². The van der Waals surface area contributed by atoms with Crippen LogP contribution in [0.5, 0.6) is 0 Å². The number of hydrogen-bond acceptors (Lipinski definition) is 6. The Morgan fingerprint density at radius 1 is 1.38 bits per heavy atom. The van der Waals surface area contributed by atoms with Crippen LogP contribution in [0, 0.1) is 12.7 Å². The fourth-order valence-electron chi connectivity index (χ4n) is 1.71. The van der Waals surface area contributed by atoms with Gasteiger partial charge in [-0.15, -0.1) is 10.2 Å². The van der Waals surface area contributed by atoms with Crippen molar-refractivity contribution in [3.63, 3.8) is 0 Å². The zero-order valence-corrected chi connectivity index (χ0v) is 13.2.